The molecule has 0 saturated heterocycles. The highest BCUT2D eigenvalue weighted by molar-refractivity contribution is 5.98. The van der Waals surface area contributed by atoms with Crippen LogP contribution >= 0.6 is 0 Å². The van der Waals surface area contributed by atoms with E-state index in [1.165, 1.54) is 0 Å². The number of rotatable bonds is 3. The van der Waals surface area contributed by atoms with Gasteiger partial charge >= 0.3 is 0 Å². The van der Waals surface area contributed by atoms with Crippen molar-refractivity contribution >= 4 is 17.2 Å². The van der Waals surface area contributed by atoms with Crippen LogP contribution in [0.15, 0.2) is 55.0 Å². The molecular weight excluding hydrogens is 264 g/mol. The van der Waals surface area contributed by atoms with Gasteiger partial charge in [-0.2, -0.15) is 0 Å². The van der Waals surface area contributed by atoms with E-state index >= 15 is 0 Å². The molecule has 0 spiro atoms. The molecule has 0 aliphatic carbocycles. The number of fused-ring (bicyclic) bond motifs is 1. The summed E-state index contributed by atoms with van der Waals surface area (Å²) in [4.78, 5) is 12.6. The molecule has 0 aliphatic heterocycles. The van der Waals surface area contributed by atoms with Gasteiger partial charge in [-0.3, -0.25) is 9.20 Å². The van der Waals surface area contributed by atoms with Gasteiger partial charge in [-0.25, -0.2) is 0 Å². The molecule has 106 valence electrons. The van der Waals surface area contributed by atoms with Crippen LogP contribution < -0.4 is 5.32 Å². The van der Waals surface area contributed by atoms with Gasteiger partial charge in [0.15, 0.2) is 5.65 Å². The van der Waals surface area contributed by atoms with Gasteiger partial charge in [0.2, 0.25) is 5.91 Å². The summed E-state index contributed by atoms with van der Waals surface area (Å²) in [6.07, 6.45) is 3.40. The maximum Gasteiger partial charge on any atom is 0.234 e. The molecule has 0 aliphatic rings. The molecule has 0 atom stereocenters. The van der Waals surface area contributed by atoms with Crippen molar-refractivity contribution in [3.05, 3.63) is 60.6 Å². The second kappa shape index (κ2) is 5.01. The highest BCUT2D eigenvalue weighted by atomic mass is 16.2. The lowest BCUT2D eigenvalue weighted by Gasteiger charge is -2.24. The minimum absolute atomic E-state index is 0.0545. The van der Waals surface area contributed by atoms with E-state index in [4.69, 9.17) is 0 Å². The molecule has 0 unspecified atom stereocenters. The van der Waals surface area contributed by atoms with Crippen molar-refractivity contribution in [2.45, 2.75) is 19.3 Å². The van der Waals surface area contributed by atoms with Crippen LogP contribution in [0.2, 0.25) is 0 Å². The number of pyridine rings is 1. The summed E-state index contributed by atoms with van der Waals surface area (Å²) in [5.74, 6) is -0.0545. The molecule has 1 N–H and O–H groups in total. The number of nitrogens with zero attached hydrogens (tertiary/aromatic N) is 3. The minimum atomic E-state index is -0.608. The molecule has 0 radical (unpaired) electrons. The molecule has 21 heavy (non-hydrogen) atoms. The Labute approximate surface area is 122 Å². The molecule has 3 rings (SSSR count). The fraction of sp³-hybridized carbons (Fsp3) is 0.188. The largest absolute Gasteiger partial charge is 0.324 e. The van der Waals surface area contributed by atoms with Crippen LogP contribution in [0.25, 0.3) is 5.65 Å². The first-order chi connectivity index (χ1) is 10.1. The third-order valence-electron chi connectivity index (χ3n) is 3.61. The second-order valence-corrected chi connectivity index (χ2v) is 5.46. The van der Waals surface area contributed by atoms with E-state index in [0.29, 0.717) is 0 Å². The predicted molar refractivity (Wildman–Crippen MR) is 81.1 cm³/mol. The first-order valence-corrected chi connectivity index (χ1v) is 6.74. The summed E-state index contributed by atoms with van der Waals surface area (Å²) in [5, 5.41) is 10.7. The topological polar surface area (TPSA) is 59.3 Å². The lowest BCUT2D eigenvalue weighted by molar-refractivity contribution is -0.120. The number of aromatic nitrogens is 3. The summed E-state index contributed by atoms with van der Waals surface area (Å²) < 4.78 is 1.77. The van der Waals surface area contributed by atoms with Crippen LogP contribution in [0, 0.1) is 0 Å². The van der Waals surface area contributed by atoms with Gasteiger partial charge in [-0.15, -0.1) is 10.2 Å². The van der Waals surface area contributed by atoms with Crippen LogP contribution in [0.3, 0.4) is 0 Å². The molecule has 0 bridgehead atoms. The number of nitrogens with one attached hydrogen (secondary N) is 1. The van der Waals surface area contributed by atoms with Crippen LogP contribution in [0.4, 0.5) is 5.69 Å². The quantitative estimate of drug-likeness (QED) is 0.802. The Morgan fingerprint density at radius 2 is 1.90 bits per heavy atom. The minimum Gasteiger partial charge on any atom is -0.324 e. The fourth-order valence-corrected chi connectivity index (χ4v) is 2.17. The Bertz CT molecular complexity index is 777. The van der Waals surface area contributed by atoms with Crippen molar-refractivity contribution in [2.24, 2.45) is 0 Å². The Morgan fingerprint density at radius 1 is 1.14 bits per heavy atom. The van der Waals surface area contributed by atoms with Crippen LogP contribution in [-0.2, 0) is 10.2 Å². The Hall–Kier alpha value is -2.69. The number of hydrogen-bond donors (Lipinski definition) is 1. The van der Waals surface area contributed by atoms with Crippen LogP contribution in [0.1, 0.15) is 19.4 Å². The number of amides is 1. The third-order valence-corrected chi connectivity index (χ3v) is 3.61. The van der Waals surface area contributed by atoms with Gasteiger partial charge < -0.3 is 5.32 Å². The Kier molecular flexibility index (Phi) is 3.17. The summed E-state index contributed by atoms with van der Waals surface area (Å²) >= 11 is 0. The molecule has 2 heterocycles. The SMILES string of the molecule is CC(C)(C(=O)Nc1ccc2nncn2c1)c1ccccc1. The number of hydrogen-bond acceptors (Lipinski definition) is 3. The lowest BCUT2D eigenvalue weighted by atomic mass is 9.84. The third kappa shape index (κ3) is 2.50. The van der Waals surface area contributed by atoms with E-state index < -0.39 is 5.41 Å². The lowest BCUT2D eigenvalue weighted by Crippen LogP contribution is -2.34. The number of carbonyl (C=O) groups excluding carboxylic acids is 1. The average Bonchev–Trinajstić information content (AvgIpc) is 2.95. The molecule has 0 saturated carbocycles. The summed E-state index contributed by atoms with van der Waals surface area (Å²) in [7, 11) is 0. The molecular formula is C16H16N4O. The molecule has 1 aromatic carbocycles. The Balaban J connectivity index is 1.85. The van der Waals surface area contributed by atoms with Crippen molar-refractivity contribution < 1.29 is 4.79 Å². The zero-order chi connectivity index (χ0) is 14.9. The van der Waals surface area contributed by atoms with E-state index in [1.807, 2.05) is 56.3 Å². The Morgan fingerprint density at radius 3 is 2.67 bits per heavy atom. The summed E-state index contributed by atoms with van der Waals surface area (Å²) in [6, 6.07) is 13.4. The first-order valence-electron chi connectivity index (χ1n) is 6.74. The van der Waals surface area contributed by atoms with Gasteiger partial charge in [0.1, 0.15) is 6.33 Å². The maximum absolute atomic E-state index is 12.6. The van der Waals surface area contributed by atoms with E-state index in [0.717, 1.165) is 16.9 Å². The molecule has 1 amide bonds. The highest BCUT2D eigenvalue weighted by Gasteiger charge is 2.29. The molecule has 5 nitrogen and oxygen atoms in total. The smallest absolute Gasteiger partial charge is 0.234 e. The molecule has 2 aromatic heterocycles. The second-order valence-electron chi connectivity index (χ2n) is 5.46. The molecule has 5 heteroatoms. The number of carbonyl (C=O) groups is 1. The van der Waals surface area contributed by atoms with Gasteiger partial charge in [-0.05, 0) is 31.5 Å². The van der Waals surface area contributed by atoms with Gasteiger partial charge in [0.25, 0.3) is 0 Å². The first kappa shape index (κ1) is 13.3. The van der Waals surface area contributed by atoms with Crippen molar-refractivity contribution in [1.82, 2.24) is 14.6 Å². The predicted octanol–water partition coefficient (Wildman–Crippen LogP) is 2.65. The van der Waals surface area contributed by atoms with Crippen molar-refractivity contribution in [3.63, 3.8) is 0 Å². The van der Waals surface area contributed by atoms with Crippen LogP contribution in [0.5, 0.6) is 0 Å². The van der Waals surface area contributed by atoms with E-state index in [1.54, 1.807) is 16.9 Å². The van der Waals surface area contributed by atoms with Gasteiger partial charge in [0, 0.05) is 6.20 Å². The van der Waals surface area contributed by atoms with E-state index in [9.17, 15) is 4.79 Å². The molecule has 3 aromatic rings. The standard InChI is InChI=1S/C16H16N4O/c1-16(2,12-6-4-3-5-7-12)15(21)18-13-8-9-14-19-17-11-20(14)10-13/h3-11H,1-2H3,(H,18,21). The van der Waals surface area contributed by atoms with Crippen molar-refractivity contribution in [2.75, 3.05) is 5.32 Å². The summed E-state index contributed by atoms with van der Waals surface area (Å²) in [6.45, 7) is 3.82. The maximum atomic E-state index is 12.6. The summed E-state index contributed by atoms with van der Waals surface area (Å²) in [5.41, 5.74) is 1.84. The average molecular weight is 280 g/mol. The monoisotopic (exact) mass is 280 g/mol. The van der Waals surface area contributed by atoms with Crippen molar-refractivity contribution in [3.8, 4) is 0 Å². The zero-order valence-electron chi connectivity index (χ0n) is 11.9. The normalized spacial score (nSPS) is 11.5. The number of anilines is 1. The highest BCUT2D eigenvalue weighted by Crippen LogP contribution is 2.24. The van der Waals surface area contributed by atoms with Gasteiger partial charge in [-0.1, -0.05) is 30.3 Å². The number of benzene rings is 1. The van der Waals surface area contributed by atoms with E-state index in [2.05, 4.69) is 15.5 Å². The van der Waals surface area contributed by atoms with E-state index in [-0.39, 0.29) is 5.91 Å². The molecule has 0 fully saturated rings. The van der Waals surface area contributed by atoms with Gasteiger partial charge in [0.05, 0.1) is 11.1 Å². The fourth-order valence-electron chi connectivity index (χ4n) is 2.17. The zero-order valence-corrected chi connectivity index (χ0v) is 11.9. The van der Waals surface area contributed by atoms with Crippen LogP contribution in [-0.4, -0.2) is 20.5 Å². The van der Waals surface area contributed by atoms with Crippen molar-refractivity contribution in [1.29, 1.82) is 0 Å².